The first-order valence-corrected chi connectivity index (χ1v) is 5.39. The number of aromatic nitrogens is 2. The Balaban J connectivity index is 2.33. The van der Waals surface area contributed by atoms with E-state index in [0.29, 0.717) is 6.61 Å². The molecule has 0 fully saturated rings. The highest BCUT2D eigenvalue weighted by molar-refractivity contribution is 5.97. The van der Waals surface area contributed by atoms with Crippen LogP contribution in [0.25, 0.3) is 0 Å². The molecule has 1 rings (SSSR count). The molecule has 0 amide bonds. The lowest BCUT2D eigenvalue weighted by molar-refractivity contribution is 0.140. The van der Waals surface area contributed by atoms with E-state index in [1.807, 2.05) is 20.2 Å². The van der Waals surface area contributed by atoms with Gasteiger partial charge in [0, 0.05) is 18.8 Å². The highest BCUT2D eigenvalue weighted by Gasteiger charge is 1.99. The van der Waals surface area contributed by atoms with Gasteiger partial charge in [-0.1, -0.05) is 24.9 Å². The Morgan fingerprint density at radius 3 is 2.93 bits per heavy atom. The second-order valence-electron chi connectivity index (χ2n) is 3.62. The number of hydrogen-bond acceptors (Lipinski definition) is 3. The summed E-state index contributed by atoms with van der Waals surface area (Å²) in [5.74, 6) is 0. The second-order valence-corrected chi connectivity index (χ2v) is 3.62. The van der Waals surface area contributed by atoms with Gasteiger partial charge in [-0.3, -0.25) is 4.68 Å². The van der Waals surface area contributed by atoms with Gasteiger partial charge in [-0.25, -0.2) is 0 Å². The molecule has 0 saturated carbocycles. The van der Waals surface area contributed by atoms with Crippen molar-refractivity contribution in [2.45, 2.75) is 33.1 Å². The van der Waals surface area contributed by atoms with Gasteiger partial charge in [0.15, 0.2) is 0 Å². The number of unbranched alkanes of at least 4 members (excludes halogenated alkanes) is 2. The van der Waals surface area contributed by atoms with Crippen molar-refractivity contribution in [1.82, 2.24) is 9.78 Å². The van der Waals surface area contributed by atoms with Gasteiger partial charge >= 0.3 is 0 Å². The van der Waals surface area contributed by atoms with E-state index in [1.54, 1.807) is 10.9 Å². The van der Waals surface area contributed by atoms with Crippen LogP contribution in [0.2, 0.25) is 0 Å². The Hall–Kier alpha value is -1.32. The Labute approximate surface area is 90.9 Å². The maximum absolute atomic E-state index is 5.21. The van der Waals surface area contributed by atoms with Gasteiger partial charge in [0.25, 0.3) is 0 Å². The van der Waals surface area contributed by atoms with E-state index >= 15 is 0 Å². The number of rotatable bonds is 6. The molecule has 0 unspecified atom stereocenters. The maximum Gasteiger partial charge on any atom is 0.117 e. The van der Waals surface area contributed by atoms with E-state index in [9.17, 15) is 0 Å². The molecule has 4 nitrogen and oxygen atoms in total. The molecule has 4 heteroatoms. The van der Waals surface area contributed by atoms with Crippen LogP contribution in [0.4, 0.5) is 0 Å². The molecule has 84 valence electrons. The fraction of sp³-hybridized carbons (Fsp3) is 0.636. The van der Waals surface area contributed by atoms with E-state index in [2.05, 4.69) is 17.2 Å². The van der Waals surface area contributed by atoms with Crippen LogP contribution >= 0.6 is 0 Å². The molecule has 0 aromatic carbocycles. The largest absolute Gasteiger partial charge is 0.396 e. The van der Waals surface area contributed by atoms with Gasteiger partial charge in [0.05, 0.1) is 11.9 Å². The summed E-state index contributed by atoms with van der Waals surface area (Å²) in [6.45, 7) is 4.80. The Morgan fingerprint density at radius 1 is 1.53 bits per heavy atom. The molecule has 0 spiro atoms. The lowest BCUT2D eigenvalue weighted by atomic mass is 10.2. The van der Waals surface area contributed by atoms with Crippen LogP contribution in [0.1, 0.15) is 38.7 Å². The molecule has 0 saturated heterocycles. The minimum absolute atomic E-state index is 0.700. The SMILES string of the molecule is CCCCCON=C(C)c1cnn(C)c1. The average molecular weight is 209 g/mol. The van der Waals surface area contributed by atoms with E-state index in [1.165, 1.54) is 12.8 Å². The Kier molecular flexibility index (Phi) is 4.87. The molecule has 15 heavy (non-hydrogen) atoms. The standard InChI is InChI=1S/C11H19N3O/c1-4-5-6-7-15-13-10(2)11-8-12-14(3)9-11/h8-9H,4-7H2,1-3H3. The molecule has 1 heterocycles. The molecular formula is C11H19N3O. The minimum Gasteiger partial charge on any atom is -0.396 e. The summed E-state index contributed by atoms with van der Waals surface area (Å²) >= 11 is 0. The van der Waals surface area contributed by atoms with E-state index in [0.717, 1.165) is 17.7 Å². The summed E-state index contributed by atoms with van der Waals surface area (Å²) in [5, 5.41) is 8.12. The van der Waals surface area contributed by atoms with Crippen LogP contribution < -0.4 is 0 Å². The van der Waals surface area contributed by atoms with Crippen LogP contribution in [0, 0.1) is 0 Å². The zero-order chi connectivity index (χ0) is 11.1. The normalized spacial score (nSPS) is 11.8. The fourth-order valence-electron chi connectivity index (χ4n) is 1.22. The number of hydrogen-bond donors (Lipinski definition) is 0. The van der Waals surface area contributed by atoms with Crippen molar-refractivity contribution in [2.75, 3.05) is 6.61 Å². The molecule has 0 radical (unpaired) electrons. The van der Waals surface area contributed by atoms with Crippen molar-refractivity contribution in [3.05, 3.63) is 18.0 Å². The van der Waals surface area contributed by atoms with Crippen molar-refractivity contribution in [1.29, 1.82) is 0 Å². The summed E-state index contributed by atoms with van der Waals surface area (Å²) < 4.78 is 1.76. The van der Waals surface area contributed by atoms with Gasteiger partial charge in [0.2, 0.25) is 0 Å². The summed E-state index contributed by atoms with van der Waals surface area (Å²) in [6, 6.07) is 0. The van der Waals surface area contributed by atoms with Gasteiger partial charge in [-0.15, -0.1) is 0 Å². The summed E-state index contributed by atoms with van der Waals surface area (Å²) in [7, 11) is 1.89. The first kappa shape index (κ1) is 11.8. The lowest BCUT2D eigenvalue weighted by Crippen LogP contribution is -1.96. The number of nitrogens with zero attached hydrogens (tertiary/aromatic N) is 3. The molecule has 1 aromatic rings. The van der Waals surface area contributed by atoms with Gasteiger partial charge in [-0.05, 0) is 13.3 Å². The summed E-state index contributed by atoms with van der Waals surface area (Å²) in [4.78, 5) is 5.21. The van der Waals surface area contributed by atoms with Crippen molar-refractivity contribution in [3.63, 3.8) is 0 Å². The van der Waals surface area contributed by atoms with Crippen LogP contribution in [0.15, 0.2) is 17.5 Å². The highest BCUT2D eigenvalue weighted by atomic mass is 16.6. The monoisotopic (exact) mass is 209 g/mol. The molecule has 0 aliphatic rings. The van der Waals surface area contributed by atoms with Crippen molar-refractivity contribution in [2.24, 2.45) is 12.2 Å². The molecule has 1 aromatic heterocycles. The fourth-order valence-corrected chi connectivity index (χ4v) is 1.22. The first-order valence-electron chi connectivity index (χ1n) is 5.39. The third kappa shape index (κ3) is 4.14. The van der Waals surface area contributed by atoms with E-state index in [-0.39, 0.29) is 0 Å². The zero-order valence-electron chi connectivity index (χ0n) is 9.73. The topological polar surface area (TPSA) is 39.4 Å². The third-order valence-corrected chi connectivity index (χ3v) is 2.16. The minimum atomic E-state index is 0.700. The molecule has 0 atom stereocenters. The molecule has 0 bridgehead atoms. The molecule has 0 aliphatic heterocycles. The quantitative estimate of drug-likeness (QED) is 0.410. The average Bonchev–Trinajstić information content (AvgIpc) is 2.64. The Bertz CT molecular complexity index is 317. The van der Waals surface area contributed by atoms with Gasteiger partial charge < -0.3 is 4.84 Å². The summed E-state index contributed by atoms with van der Waals surface area (Å²) in [6.07, 6.45) is 7.18. The zero-order valence-corrected chi connectivity index (χ0v) is 9.73. The van der Waals surface area contributed by atoms with Crippen LogP contribution in [-0.2, 0) is 11.9 Å². The number of aryl methyl sites for hydroxylation is 1. The van der Waals surface area contributed by atoms with Crippen molar-refractivity contribution >= 4 is 5.71 Å². The third-order valence-electron chi connectivity index (χ3n) is 2.16. The van der Waals surface area contributed by atoms with E-state index < -0.39 is 0 Å². The predicted molar refractivity (Wildman–Crippen MR) is 60.9 cm³/mol. The Morgan fingerprint density at radius 2 is 2.33 bits per heavy atom. The molecule has 0 N–H and O–H groups in total. The van der Waals surface area contributed by atoms with Crippen molar-refractivity contribution < 1.29 is 4.84 Å². The van der Waals surface area contributed by atoms with Crippen LogP contribution in [0.5, 0.6) is 0 Å². The van der Waals surface area contributed by atoms with E-state index in [4.69, 9.17) is 4.84 Å². The van der Waals surface area contributed by atoms with Crippen LogP contribution in [0.3, 0.4) is 0 Å². The van der Waals surface area contributed by atoms with Gasteiger partial charge in [0.1, 0.15) is 6.61 Å². The first-order chi connectivity index (χ1) is 7.24. The summed E-state index contributed by atoms with van der Waals surface area (Å²) in [5.41, 5.74) is 1.88. The maximum atomic E-state index is 5.21. The highest BCUT2D eigenvalue weighted by Crippen LogP contribution is 2.00. The second kappa shape index (κ2) is 6.22. The number of oxime groups is 1. The smallest absolute Gasteiger partial charge is 0.117 e. The lowest BCUT2D eigenvalue weighted by Gasteiger charge is -1.99. The van der Waals surface area contributed by atoms with Gasteiger partial charge in [-0.2, -0.15) is 5.10 Å². The molecule has 0 aliphatic carbocycles. The predicted octanol–water partition coefficient (Wildman–Crippen LogP) is 2.35. The van der Waals surface area contributed by atoms with Crippen molar-refractivity contribution in [3.8, 4) is 0 Å². The molecular weight excluding hydrogens is 190 g/mol. The van der Waals surface area contributed by atoms with Crippen LogP contribution in [-0.4, -0.2) is 22.1 Å².